The minimum Gasteiger partial charge on any atom is -0.407 e. The third-order valence-electron chi connectivity index (χ3n) is 4.85. The fourth-order valence-electron chi connectivity index (χ4n) is 2.36. The first-order valence-corrected chi connectivity index (χ1v) is 10.8. The summed E-state index contributed by atoms with van der Waals surface area (Å²) < 4.78 is 13.1. The smallest absolute Gasteiger partial charge is 0.330 e. The molecule has 8 nitrogen and oxygen atoms in total. The summed E-state index contributed by atoms with van der Waals surface area (Å²) in [5, 5.41) is 19.8. The van der Waals surface area contributed by atoms with Gasteiger partial charge in [-0.2, -0.15) is 0 Å². The van der Waals surface area contributed by atoms with Gasteiger partial charge in [-0.05, 0) is 18.1 Å². The molecule has 1 aromatic heterocycles. The van der Waals surface area contributed by atoms with E-state index in [9.17, 15) is 19.8 Å². The molecule has 0 amide bonds. The van der Waals surface area contributed by atoms with Gasteiger partial charge >= 0.3 is 5.69 Å². The number of nitrogens with one attached hydrogen (secondary N) is 1. The second-order valence-corrected chi connectivity index (χ2v) is 12.4. The lowest BCUT2D eigenvalue weighted by molar-refractivity contribution is -0.0534. The molecule has 4 atom stereocenters. The van der Waals surface area contributed by atoms with Crippen LogP contribution in [-0.4, -0.2) is 53.0 Å². The van der Waals surface area contributed by atoms with Crippen molar-refractivity contribution in [2.24, 2.45) is 0 Å². The van der Waals surface area contributed by atoms with Crippen LogP contribution in [0, 0.1) is 0 Å². The number of nitrogens with zero attached hydrogens (tertiary/aromatic N) is 1. The SMILES string of the molecule is CC(C)(C)[Si](C)(C)O[C@@H]1[C@H](O)[C@@H](CO)O[C@H]1n1ccc(=O)[nH]c1=O. The van der Waals surface area contributed by atoms with Gasteiger partial charge in [-0.15, -0.1) is 0 Å². The maximum Gasteiger partial charge on any atom is 0.330 e. The van der Waals surface area contributed by atoms with Crippen molar-refractivity contribution in [3.8, 4) is 0 Å². The lowest BCUT2D eigenvalue weighted by Gasteiger charge is -2.40. The van der Waals surface area contributed by atoms with E-state index in [1.807, 2.05) is 13.1 Å². The molecule has 24 heavy (non-hydrogen) atoms. The molecule has 9 heteroatoms. The Morgan fingerprint density at radius 3 is 2.50 bits per heavy atom. The molecule has 1 aromatic rings. The summed E-state index contributed by atoms with van der Waals surface area (Å²) in [5.41, 5.74) is -1.17. The molecule has 1 aliphatic heterocycles. The lowest BCUT2D eigenvalue weighted by atomic mass is 10.1. The van der Waals surface area contributed by atoms with Crippen molar-refractivity contribution in [3.63, 3.8) is 0 Å². The predicted octanol–water partition coefficient (Wildman–Crippen LogP) is 0.178. The monoisotopic (exact) mass is 358 g/mol. The molecule has 1 aliphatic rings. The van der Waals surface area contributed by atoms with Gasteiger partial charge in [0.25, 0.3) is 5.56 Å². The van der Waals surface area contributed by atoms with Gasteiger partial charge in [0.05, 0.1) is 6.61 Å². The quantitative estimate of drug-likeness (QED) is 0.662. The third-order valence-corrected chi connectivity index (χ3v) is 9.33. The van der Waals surface area contributed by atoms with Gasteiger partial charge in [-0.1, -0.05) is 20.8 Å². The Labute approximate surface area is 141 Å². The molecule has 0 aliphatic carbocycles. The highest BCUT2D eigenvalue weighted by molar-refractivity contribution is 6.74. The molecule has 1 saturated heterocycles. The average Bonchev–Trinajstić information content (AvgIpc) is 2.74. The van der Waals surface area contributed by atoms with Gasteiger partial charge < -0.3 is 19.4 Å². The zero-order chi connectivity index (χ0) is 18.3. The molecule has 0 radical (unpaired) electrons. The zero-order valence-electron chi connectivity index (χ0n) is 14.6. The molecule has 0 saturated carbocycles. The van der Waals surface area contributed by atoms with Crippen LogP contribution in [0.15, 0.2) is 21.9 Å². The summed E-state index contributed by atoms with van der Waals surface area (Å²) >= 11 is 0. The Balaban J connectivity index is 2.41. The van der Waals surface area contributed by atoms with Crippen molar-refractivity contribution < 1.29 is 19.4 Å². The Hall–Kier alpha value is -1.26. The maximum atomic E-state index is 12.1. The van der Waals surface area contributed by atoms with Crippen molar-refractivity contribution in [3.05, 3.63) is 33.1 Å². The van der Waals surface area contributed by atoms with Crippen molar-refractivity contribution in [1.29, 1.82) is 0 Å². The molecule has 0 spiro atoms. The lowest BCUT2D eigenvalue weighted by Crippen LogP contribution is -2.49. The minimum absolute atomic E-state index is 0.107. The van der Waals surface area contributed by atoms with E-state index < -0.39 is 50.7 Å². The number of hydrogen-bond acceptors (Lipinski definition) is 6. The van der Waals surface area contributed by atoms with E-state index in [0.29, 0.717) is 0 Å². The summed E-state index contributed by atoms with van der Waals surface area (Å²) in [6.45, 7) is 9.84. The number of aliphatic hydroxyl groups is 2. The van der Waals surface area contributed by atoms with E-state index in [1.165, 1.54) is 16.8 Å². The number of aromatic amines is 1. The topological polar surface area (TPSA) is 114 Å². The van der Waals surface area contributed by atoms with E-state index in [4.69, 9.17) is 9.16 Å². The van der Waals surface area contributed by atoms with Crippen LogP contribution in [0.3, 0.4) is 0 Å². The highest BCUT2D eigenvalue weighted by Crippen LogP contribution is 2.41. The van der Waals surface area contributed by atoms with Gasteiger partial charge in [0, 0.05) is 12.3 Å². The van der Waals surface area contributed by atoms with Crippen LogP contribution in [0.5, 0.6) is 0 Å². The molecular formula is C15H26N2O6Si. The van der Waals surface area contributed by atoms with Crippen molar-refractivity contribution >= 4 is 8.32 Å². The molecular weight excluding hydrogens is 332 g/mol. The fraction of sp³-hybridized carbons (Fsp3) is 0.733. The second kappa shape index (κ2) is 6.56. The molecule has 2 rings (SSSR count). The largest absolute Gasteiger partial charge is 0.407 e. The Kier molecular flexibility index (Phi) is 5.21. The Morgan fingerprint density at radius 2 is 2.00 bits per heavy atom. The molecule has 3 N–H and O–H groups in total. The number of hydrogen-bond donors (Lipinski definition) is 3. The Bertz CT molecular complexity index is 692. The van der Waals surface area contributed by atoms with Gasteiger partial charge in [-0.3, -0.25) is 14.3 Å². The summed E-state index contributed by atoms with van der Waals surface area (Å²) in [5.74, 6) is 0. The van der Waals surface area contributed by atoms with Crippen LogP contribution in [0.4, 0.5) is 0 Å². The third kappa shape index (κ3) is 3.54. The standard InChI is InChI=1S/C15H26N2O6Si/c1-15(2,3)24(4,5)23-12-11(20)9(8-18)22-13(12)17-7-6-10(19)16-14(17)21/h6-7,9,11-13,18,20H,8H2,1-5H3,(H,16,19,21)/t9-,11-,12-,13-/m1/s1. The zero-order valence-corrected chi connectivity index (χ0v) is 15.6. The number of rotatable bonds is 4. The highest BCUT2D eigenvalue weighted by Gasteiger charge is 2.50. The van der Waals surface area contributed by atoms with E-state index in [-0.39, 0.29) is 5.04 Å². The molecule has 0 unspecified atom stereocenters. The molecule has 0 aromatic carbocycles. The van der Waals surface area contributed by atoms with Crippen LogP contribution < -0.4 is 11.2 Å². The Morgan fingerprint density at radius 1 is 1.38 bits per heavy atom. The van der Waals surface area contributed by atoms with Crippen LogP contribution in [0.25, 0.3) is 0 Å². The summed E-state index contributed by atoms with van der Waals surface area (Å²) in [7, 11) is -2.27. The molecule has 136 valence electrons. The summed E-state index contributed by atoms with van der Waals surface area (Å²) in [4.78, 5) is 25.5. The van der Waals surface area contributed by atoms with Crippen molar-refractivity contribution in [1.82, 2.24) is 9.55 Å². The van der Waals surface area contributed by atoms with Crippen LogP contribution in [-0.2, 0) is 9.16 Å². The normalized spacial score (nSPS) is 28.3. The first-order chi connectivity index (χ1) is 11.0. The van der Waals surface area contributed by atoms with E-state index in [1.54, 1.807) is 0 Å². The van der Waals surface area contributed by atoms with Gasteiger partial charge in [0.15, 0.2) is 14.5 Å². The van der Waals surface area contributed by atoms with Gasteiger partial charge in [0.1, 0.15) is 18.3 Å². The van der Waals surface area contributed by atoms with Crippen LogP contribution in [0.1, 0.15) is 27.0 Å². The predicted molar refractivity (Wildman–Crippen MR) is 90.4 cm³/mol. The first-order valence-electron chi connectivity index (χ1n) is 7.91. The van der Waals surface area contributed by atoms with Crippen molar-refractivity contribution in [2.75, 3.05) is 6.61 Å². The number of aliphatic hydroxyl groups excluding tert-OH is 2. The minimum atomic E-state index is -2.27. The number of H-pyrrole nitrogens is 1. The van der Waals surface area contributed by atoms with E-state index in [2.05, 4.69) is 25.8 Å². The van der Waals surface area contributed by atoms with Gasteiger partial charge in [-0.25, -0.2) is 4.79 Å². The average molecular weight is 358 g/mol. The van der Waals surface area contributed by atoms with E-state index in [0.717, 1.165) is 0 Å². The molecule has 0 bridgehead atoms. The number of aromatic nitrogens is 2. The van der Waals surface area contributed by atoms with Crippen molar-refractivity contribution in [2.45, 2.75) is 63.4 Å². The van der Waals surface area contributed by atoms with E-state index >= 15 is 0 Å². The summed E-state index contributed by atoms with van der Waals surface area (Å²) in [6.07, 6.45) is -2.36. The maximum absolute atomic E-state index is 12.1. The number of ether oxygens (including phenoxy) is 1. The van der Waals surface area contributed by atoms with Gasteiger partial charge in [0.2, 0.25) is 0 Å². The highest BCUT2D eigenvalue weighted by atomic mass is 28.4. The molecule has 1 fully saturated rings. The second-order valence-electron chi connectivity index (χ2n) is 7.60. The van der Waals surface area contributed by atoms with Crippen LogP contribution >= 0.6 is 0 Å². The molecule has 2 heterocycles. The first kappa shape index (κ1) is 19.1. The van der Waals surface area contributed by atoms with Crippen LogP contribution in [0.2, 0.25) is 18.1 Å². The fourth-order valence-corrected chi connectivity index (χ4v) is 3.65. The summed E-state index contributed by atoms with van der Waals surface area (Å²) in [6, 6.07) is 1.20.